The van der Waals surface area contributed by atoms with E-state index in [0.717, 1.165) is 21.4 Å². The zero-order chi connectivity index (χ0) is 24.6. The number of hydrogen-bond acceptors (Lipinski definition) is 6. The Bertz CT molecular complexity index is 1110. The molecule has 2 amide bonds. The third-order valence-corrected chi connectivity index (χ3v) is 6.75. The molecule has 0 aliphatic carbocycles. The number of nitrogens with one attached hydrogen (secondary N) is 2. The minimum Gasteiger partial charge on any atom is -0.618 e. The van der Waals surface area contributed by atoms with Gasteiger partial charge in [-0.1, -0.05) is 48.2 Å². The quantitative estimate of drug-likeness (QED) is 0.245. The van der Waals surface area contributed by atoms with E-state index < -0.39 is 6.29 Å². The number of aliphatic hydroxyl groups is 1. The van der Waals surface area contributed by atoms with Gasteiger partial charge in [-0.25, -0.2) is 4.79 Å². The van der Waals surface area contributed by atoms with Crippen molar-refractivity contribution in [3.63, 3.8) is 0 Å². The number of thioether (sulfide) groups is 1. The number of amides is 2. The predicted molar refractivity (Wildman–Crippen MR) is 134 cm³/mol. The number of anilines is 1. The molecule has 0 bridgehead atoms. The summed E-state index contributed by atoms with van der Waals surface area (Å²) in [4.78, 5) is 11.8. The number of pyridine rings is 1. The normalized spacial score (nSPS) is 19.8. The lowest BCUT2D eigenvalue weighted by molar-refractivity contribution is -0.645. The molecule has 0 radical (unpaired) electrons. The SMILES string of the molecule is CCNC(=O)Nc1ccc([C@H]2O[C@@H](CSc3cccc[n+]3[O-])C[C@@H](c3ccc(CO)cc3)O2)cc1. The summed E-state index contributed by atoms with van der Waals surface area (Å²) in [6.45, 7) is 2.39. The van der Waals surface area contributed by atoms with Gasteiger partial charge in [-0.2, -0.15) is 4.73 Å². The molecular weight excluding hydrogens is 466 g/mol. The van der Waals surface area contributed by atoms with Crippen molar-refractivity contribution in [2.24, 2.45) is 0 Å². The number of nitrogens with zero attached hydrogens (tertiary/aromatic N) is 1. The number of benzene rings is 2. The Hall–Kier alpha value is -3.11. The highest BCUT2D eigenvalue weighted by Gasteiger charge is 2.32. The molecule has 0 unspecified atom stereocenters. The lowest BCUT2D eigenvalue weighted by atomic mass is 10.0. The molecule has 1 saturated heterocycles. The maximum Gasteiger partial charge on any atom is 0.319 e. The first-order valence-electron chi connectivity index (χ1n) is 11.5. The van der Waals surface area contributed by atoms with E-state index in [1.807, 2.05) is 61.5 Å². The van der Waals surface area contributed by atoms with Gasteiger partial charge >= 0.3 is 6.03 Å². The molecular formula is C26H29N3O5S. The molecule has 1 aliphatic heterocycles. The molecule has 3 atom stereocenters. The summed E-state index contributed by atoms with van der Waals surface area (Å²) in [5, 5.41) is 27.5. The van der Waals surface area contributed by atoms with Gasteiger partial charge in [0.25, 0.3) is 5.03 Å². The van der Waals surface area contributed by atoms with Gasteiger partial charge in [0, 0.05) is 42.1 Å². The minimum atomic E-state index is -0.606. The van der Waals surface area contributed by atoms with E-state index in [2.05, 4.69) is 10.6 Å². The van der Waals surface area contributed by atoms with Crippen LogP contribution in [0.1, 0.15) is 42.4 Å². The van der Waals surface area contributed by atoms with Crippen molar-refractivity contribution in [3.05, 3.63) is 94.8 Å². The van der Waals surface area contributed by atoms with E-state index in [1.165, 1.54) is 18.0 Å². The first kappa shape index (κ1) is 25.0. The van der Waals surface area contributed by atoms with Gasteiger partial charge in [-0.15, -0.1) is 0 Å². The molecule has 2 aromatic carbocycles. The smallest absolute Gasteiger partial charge is 0.319 e. The summed E-state index contributed by atoms with van der Waals surface area (Å²) in [6, 6.07) is 20.1. The van der Waals surface area contributed by atoms with Crippen LogP contribution in [-0.2, 0) is 16.1 Å². The molecule has 4 rings (SSSR count). The Kier molecular flexibility index (Phi) is 8.59. The maximum atomic E-state index is 12.0. The van der Waals surface area contributed by atoms with Crippen LogP contribution in [-0.4, -0.2) is 29.5 Å². The van der Waals surface area contributed by atoms with E-state index >= 15 is 0 Å². The second kappa shape index (κ2) is 12.0. The van der Waals surface area contributed by atoms with Crippen LogP contribution in [0.5, 0.6) is 0 Å². The summed E-state index contributed by atoms with van der Waals surface area (Å²) in [7, 11) is 0. The van der Waals surface area contributed by atoms with Gasteiger partial charge in [0.05, 0.1) is 18.8 Å². The summed E-state index contributed by atoms with van der Waals surface area (Å²) in [6.07, 6.45) is 1.14. The number of aromatic nitrogens is 1. The summed E-state index contributed by atoms with van der Waals surface area (Å²) >= 11 is 1.45. The zero-order valence-corrected chi connectivity index (χ0v) is 20.2. The number of urea groups is 1. The van der Waals surface area contributed by atoms with Crippen LogP contribution in [0.25, 0.3) is 0 Å². The highest BCUT2D eigenvalue weighted by Crippen LogP contribution is 2.39. The van der Waals surface area contributed by atoms with Crippen LogP contribution < -0.4 is 15.4 Å². The first-order chi connectivity index (χ1) is 17.1. The number of ether oxygens (including phenoxy) is 2. The standard InChI is InChI=1S/C26H29N3O5S/c1-2-27-26(31)28-21-12-10-20(11-13-21)25-33-22(17-35-24-5-3-4-14-29(24)32)15-23(34-25)19-8-6-18(16-30)7-9-19/h3-14,22-23,25,30H,2,15-17H2,1H3,(H2,27,28,31)/t22-,23+,25+/m1/s1. The summed E-state index contributed by atoms with van der Waals surface area (Å²) in [5.41, 5.74) is 3.34. The molecule has 184 valence electrons. The van der Waals surface area contributed by atoms with Gasteiger partial charge in [0.1, 0.15) is 0 Å². The van der Waals surface area contributed by atoms with Crippen molar-refractivity contribution in [2.45, 2.75) is 43.5 Å². The minimum absolute atomic E-state index is 0.0141. The van der Waals surface area contributed by atoms with Crippen LogP contribution in [0.3, 0.4) is 0 Å². The molecule has 2 heterocycles. The van der Waals surface area contributed by atoms with Crippen molar-refractivity contribution in [3.8, 4) is 0 Å². The molecule has 35 heavy (non-hydrogen) atoms. The van der Waals surface area contributed by atoms with E-state index in [-0.39, 0.29) is 24.8 Å². The van der Waals surface area contributed by atoms with Crippen molar-refractivity contribution in [1.29, 1.82) is 0 Å². The maximum absolute atomic E-state index is 12.0. The van der Waals surface area contributed by atoms with E-state index in [4.69, 9.17) is 9.47 Å². The van der Waals surface area contributed by atoms with Crippen LogP contribution >= 0.6 is 11.8 Å². The average Bonchev–Trinajstić information content (AvgIpc) is 2.88. The van der Waals surface area contributed by atoms with Crippen LogP contribution in [0, 0.1) is 5.21 Å². The number of rotatable bonds is 8. The number of hydrogen-bond donors (Lipinski definition) is 3. The Morgan fingerprint density at radius 2 is 1.83 bits per heavy atom. The third kappa shape index (κ3) is 6.73. The number of carbonyl (C=O) groups excluding carboxylic acids is 1. The zero-order valence-electron chi connectivity index (χ0n) is 19.4. The molecule has 8 nitrogen and oxygen atoms in total. The van der Waals surface area contributed by atoms with Crippen LogP contribution in [0.15, 0.2) is 78.0 Å². The fourth-order valence-electron chi connectivity index (χ4n) is 3.78. The second-order valence-electron chi connectivity index (χ2n) is 8.13. The average molecular weight is 496 g/mol. The summed E-state index contributed by atoms with van der Waals surface area (Å²) in [5.74, 6) is 0.591. The lowest BCUT2D eigenvalue weighted by Gasteiger charge is -2.36. The molecule has 1 fully saturated rings. The van der Waals surface area contributed by atoms with Crippen molar-refractivity contribution < 1.29 is 24.1 Å². The molecule has 1 aliphatic rings. The first-order valence-corrected chi connectivity index (χ1v) is 12.5. The molecule has 1 aromatic heterocycles. The Morgan fingerprint density at radius 1 is 1.09 bits per heavy atom. The van der Waals surface area contributed by atoms with Gasteiger partial charge < -0.3 is 30.4 Å². The molecule has 3 N–H and O–H groups in total. The molecule has 9 heteroatoms. The second-order valence-corrected chi connectivity index (χ2v) is 9.17. The Labute approximate surface area is 208 Å². The van der Waals surface area contributed by atoms with E-state index in [0.29, 0.717) is 29.4 Å². The highest BCUT2D eigenvalue weighted by atomic mass is 32.2. The highest BCUT2D eigenvalue weighted by molar-refractivity contribution is 7.99. The van der Waals surface area contributed by atoms with Crippen LogP contribution in [0.4, 0.5) is 10.5 Å². The fourth-order valence-corrected chi connectivity index (χ4v) is 4.72. The number of carbonyl (C=O) groups is 1. The number of aliphatic hydroxyl groups excluding tert-OH is 1. The van der Waals surface area contributed by atoms with Gasteiger partial charge in [0.2, 0.25) is 0 Å². The predicted octanol–water partition coefficient (Wildman–Crippen LogP) is 4.29. The largest absolute Gasteiger partial charge is 0.618 e. The topological polar surface area (TPSA) is 107 Å². The van der Waals surface area contributed by atoms with E-state index in [1.54, 1.807) is 12.1 Å². The Morgan fingerprint density at radius 3 is 2.51 bits per heavy atom. The van der Waals surface area contributed by atoms with Crippen LogP contribution in [0.2, 0.25) is 0 Å². The lowest BCUT2D eigenvalue weighted by Crippen LogP contribution is -2.32. The van der Waals surface area contributed by atoms with Crippen molar-refractivity contribution in [2.75, 3.05) is 17.6 Å². The van der Waals surface area contributed by atoms with Gasteiger partial charge in [0.15, 0.2) is 12.5 Å². The molecule has 0 saturated carbocycles. The van der Waals surface area contributed by atoms with Gasteiger partial charge in [-0.05, 0) is 36.2 Å². The Balaban J connectivity index is 1.50. The fraction of sp³-hybridized carbons (Fsp3) is 0.308. The van der Waals surface area contributed by atoms with Crippen molar-refractivity contribution >= 4 is 23.5 Å². The van der Waals surface area contributed by atoms with Crippen molar-refractivity contribution in [1.82, 2.24) is 5.32 Å². The molecule has 3 aromatic rings. The third-order valence-electron chi connectivity index (χ3n) is 5.60. The van der Waals surface area contributed by atoms with Gasteiger partial charge in [-0.3, -0.25) is 0 Å². The van der Waals surface area contributed by atoms with E-state index in [9.17, 15) is 15.1 Å². The molecule has 0 spiro atoms. The summed E-state index contributed by atoms with van der Waals surface area (Å²) < 4.78 is 13.5. The monoisotopic (exact) mass is 495 g/mol.